The molecule has 1 aromatic heterocycles. The summed E-state index contributed by atoms with van der Waals surface area (Å²) in [5.41, 5.74) is 0. The molecule has 64 valence electrons. The molecule has 1 rings (SSSR count). The van der Waals surface area contributed by atoms with Crippen molar-refractivity contribution in [2.24, 2.45) is 4.99 Å². The predicted molar refractivity (Wildman–Crippen MR) is 31.5 cm³/mol. The van der Waals surface area contributed by atoms with E-state index in [-0.39, 0.29) is 0 Å². The molecule has 0 atom stereocenters. The summed E-state index contributed by atoms with van der Waals surface area (Å²) in [5, 5.41) is 0. The number of furan rings is 1. The molecular weight excluding hydrogens is 175 g/mol. The lowest BCUT2D eigenvalue weighted by Gasteiger charge is -1.98. The molecule has 0 saturated heterocycles. The molecule has 12 heavy (non-hydrogen) atoms. The van der Waals surface area contributed by atoms with Crippen molar-refractivity contribution >= 4 is 12.0 Å². The fourth-order valence-electron chi connectivity index (χ4n) is 0.585. The van der Waals surface area contributed by atoms with Crippen molar-refractivity contribution in [3.05, 3.63) is 17.9 Å². The third kappa shape index (κ3) is 1.73. The highest BCUT2D eigenvalue weighted by Crippen LogP contribution is 2.32. The van der Waals surface area contributed by atoms with Crippen LogP contribution >= 0.6 is 0 Å². The van der Waals surface area contributed by atoms with Gasteiger partial charge in [-0.15, -0.1) is 4.99 Å². The molecule has 6 heteroatoms. The lowest BCUT2D eigenvalue weighted by molar-refractivity contribution is -0.152. The average Bonchev–Trinajstić information content (AvgIpc) is 2.35. The Labute approximate surface area is 64.5 Å². The Balaban J connectivity index is 2.99. The van der Waals surface area contributed by atoms with E-state index in [4.69, 9.17) is 0 Å². The normalized spacial score (nSPS) is 10.9. The quantitative estimate of drug-likeness (QED) is 0.487. The standard InChI is InChI=1S/C6H2F3NO2/c7-6(8,9)4-1-2-5(12-4)10-3-11/h1-2H. The van der Waals surface area contributed by atoms with Gasteiger partial charge in [0.25, 0.3) is 0 Å². The topological polar surface area (TPSA) is 42.6 Å². The van der Waals surface area contributed by atoms with Crippen molar-refractivity contribution in [1.29, 1.82) is 0 Å². The van der Waals surface area contributed by atoms with Crippen LogP contribution in [-0.2, 0) is 11.0 Å². The van der Waals surface area contributed by atoms with Crippen LogP contribution in [-0.4, -0.2) is 6.08 Å². The van der Waals surface area contributed by atoms with E-state index < -0.39 is 17.8 Å². The Kier molecular flexibility index (Phi) is 2.01. The van der Waals surface area contributed by atoms with E-state index in [0.717, 1.165) is 12.1 Å². The van der Waals surface area contributed by atoms with E-state index in [0.29, 0.717) is 6.07 Å². The summed E-state index contributed by atoms with van der Waals surface area (Å²) >= 11 is 0. The fourth-order valence-corrected chi connectivity index (χ4v) is 0.585. The zero-order chi connectivity index (χ0) is 9.19. The molecule has 1 aromatic rings. The largest absolute Gasteiger partial charge is 0.449 e. The van der Waals surface area contributed by atoms with Crippen molar-refractivity contribution in [2.75, 3.05) is 0 Å². The van der Waals surface area contributed by atoms with Gasteiger partial charge in [-0.25, -0.2) is 4.79 Å². The first kappa shape index (κ1) is 8.55. The first-order chi connectivity index (χ1) is 5.54. The molecule has 0 aliphatic rings. The molecule has 0 aliphatic heterocycles. The van der Waals surface area contributed by atoms with Crippen LogP contribution in [0.4, 0.5) is 19.1 Å². The number of isocyanates is 1. The first-order valence-electron chi connectivity index (χ1n) is 2.79. The first-order valence-corrected chi connectivity index (χ1v) is 2.79. The molecule has 0 radical (unpaired) electrons. The lowest BCUT2D eigenvalue weighted by Crippen LogP contribution is -2.01. The average molecular weight is 177 g/mol. The lowest BCUT2D eigenvalue weighted by atomic mass is 10.4. The van der Waals surface area contributed by atoms with Gasteiger partial charge in [0.15, 0.2) is 0 Å². The summed E-state index contributed by atoms with van der Waals surface area (Å²) in [7, 11) is 0. The summed E-state index contributed by atoms with van der Waals surface area (Å²) in [6, 6.07) is 1.63. The van der Waals surface area contributed by atoms with Gasteiger partial charge in [-0.3, -0.25) is 0 Å². The van der Waals surface area contributed by atoms with Crippen LogP contribution in [0.2, 0.25) is 0 Å². The van der Waals surface area contributed by atoms with E-state index in [2.05, 4.69) is 9.41 Å². The van der Waals surface area contributed by atoms with Crippen molar-refractivity contribution in [3.8, 4) is 0 Å². The number of carbonyl (C=O) groups excluding carboxylic acids is 1. The summed E-state index contributed by atoms with van der Waals surface area (Å²) in [6.07, 6.45) is -3.48. The van der Waals surface area contributed by atoms with Gasteiger partial charge in [0, 0.05) is 6.07 Å². The Morgan fingerprint density at radius 3 is 2.50 bits per heavy atom. The molecule has 0 N–H and O–H groups in total. The zero-order valence-corrected chi connectivity index (χ0v) is 5.55. The Morgan fingerprint density at radius 2 is 2.08 bits per heavy atom. The highest BCUT2D eigenvalue weighted by atomic mass is 19.4. The van der Waals surface area contributed by atoms with E-state index in [9.17, 15) is 18.0 Å². The van der Waals surface area contributed by atoms with Crippen molar-refractivity contribution in [1.82, 2.24) is 0 Å². The summed E-state index contributed by atoms with van der Waals surface area (Å²) < 4.78 is 39.6. The van der Waals surface area contributed by atoms with Gasteiger partial charge in [0.1, 0.15) is 0 Å². The van der Waals surface area contributed by atoms with Crippen LogP contribution < -0.4 is 0 Å². The molecule has 0 amide bonds. The molecule has 0 unspecified atom stereocenters. The second kappa shape index (κ2) is 2.83. The SMILES string of the molecule is O=C=Nc1ccc(C(F)(F)F)o1. The van der Waals surface area contributed by atoms with Crippen LogP contribution in [0.15, 0.2) is 21.5 Å². The van der Waals surface area contributed by atoms with E-state index in [1.165, 1.54) is 0 Å². The second-order valence-corrected chi connectivity index (χ2v) is 1.84. The molecule has 0 aromatic carbocycles. The molecule has 3 nitrogen and oxygen atoms in total. The van der Waals surface area contributed by atoms with Gasteiger partial charge < -0.3 is 4.42 Å². The number of rotatable bonds is 1. The highest BCUT2D eigenvalue weighted by molar-refractivity contribution is 5.43. The van der Waals surface area contributed by atoms with Gasteiger partial charge in [-0.2, -0.15) is 13.2 Å². The number of nitrogens with zero attached hydrogens (tertiary/aromatic N) is 1. The number of hydrogen-bond donors (Lipinski definition) is 0. The van der Waals surface area contributed by atoms with Crippen molar-refractivity contribution in [3.63, 3.8) is 0 Å². The fraction of sp³-hybridized carbons (Fsp3) is 0.167. The molecule has 0 aliphatic carbocycles. The van der Waals surface area contributed by atoms with Crippen molar-refractivity contribution in [2.45, 2.75) is 6.18 Å². The minimum Gasteiger partial charge on any atom is -0.433 e. The Bertz CT molecular complexity index is 322. The van der Waals surface area contributed by atoms with Crippen LogP contribution in [0, 0.1) is 0 Å². The Hall–Kier alpha value is -1.55. The van der Waals surface area contributed by atoms with Gasteiger partial charge in [-0.1, -0.05) is 0 Å². The van der Waals surface area contributed by atoms with E-state index >= 15 is 0 Å². The summed E-state index contributed by atoms with van der Waals surface area (Å²) in [5.74, 6) is -1.59. The smallest absolute Gasteiger partial charge is 0.433 e. The van der Waals surface area contributed by atoms with E-state index in [1.54, 1.807) is 0 Å². The third-order valence-electron chi connectivity index (χ3n) is 1.03. The van der Waals surface area contributed by atoms with Gasteiger partial charge >= 0.3 is 6.18 Å². The van der Waals surface area contributed by atoms with Crippen molar-refractivity contribution < 1.29 is 22.4 Å². The highest BCUT2D eigenvalue weighted by Gasteiger charge is 2.34. The maximum Gasteiger partial charge on any atom is 0.449 e. The monoisotopic (exact) mass is 177 g/mol. The number of alkyl halides is 3. The molecule has 0 spiro atoms. The second-order valence-electron chi connectivity index (χ2n) is 1.84. The molecular formula is C6H2F3NO2. The maximum atomic E-state index is 11.8. The van der Waals surface area contributed by atoms with Crippen LogP contribution in [0.25, 0.3) is 0 Å². The number of halogens is 3. The number of aliphatic imine (C=N–C) groups is 1. The molecule has 0 bridgehead atoms. The van der Waals surface area contributed by atoms with Gasteiger partial charge in [-0.05, 0) is 6.07 Å². The minimum absolute atomic E-state index is 0.405. The molecule has 0 saturated carbocycles. The van der Waals surface area contributed by atoms with Crippen LogP contribution in [0.1, 0.15) is 5.76 Å². The molecule has 0 fully saturated rings. The zero-order valence-electron chi connectivity index (χ0n) is 5.55. The minimum atomic E-state index is -4.54. The summed E-state index contributed by atoms with van der Waals surface area (Å²) in [4.78, 5) is 12.5. The third-order valence-corrected chi connectivity index (χ3v) is 1.03. The Morgan fingerprint density at radius 1 is 1.42 bits per heavy atom. The predicted octanol–water partition coefficient (Wildman–Crippen LogP) is 2.27. The maximum absolute atomic E-state index is 11.8. The van der Waals surface area contributed by atoms with E-state index in [1.807, 2.05) is 0 Å². The molecule has 1 heterocycles. The van der Waals surface area contributed by atoms with Crippen LogP contribution in [0.3, 0.4) is 0 Å². The van der Waals surface area contributed by atoms with Gasteiger partial charge in [0.2, 0.25) is 17.7 Å². The summed E-state index contributed by atoms with van der Waals surface area (Å²) in [6.45, 7) is 0. The van der Waals surface area contributed by atoms with Crippen LogP contribution in [0.5, 0.6) is 0 Å². The number of hydrogen-bond acceptors (Lipinski definition) is 3. The van der Waals surface area contributed by atoms with Gasteiger partial charge in [0.05, 0.1) is 0 Å².